The monoisotopic (exact) mass is 497 g/mol. The first-order valence-electron chi connectivity index (χ1n) is 10.6. The highest BCUT2D eigenvalue weighted by atomic mass is 35.5. The number of halogens is 1. The summed E-state index contributed by atoms with van der Waals surface area (Å²) in [5, 5.41) is 1.39. The predicted molar refractivity (Wildman–Crippen MR) is 134 cm³/mol. The smallest absolute Gasteiger partial charge is 0.266 e. The number of hydrogen-bond donors (Lipinski definition) is 0. The first-order valence-corrected chi connectivity index (χ1v) is 11.9. The number of carbonyl (C=O) groups is 1. The van der Waals surface area contributed by atoms with E-state index in [1.807, 2.05) is 32.0 Å². The molecule has 0 saturated heterocycles. The molecule has 2 aromatic carbocycles. The number of nitrogens with zero attached hydrogens (tertiary/aromatic N) is 3. The van der Waals surface area contributed by atoms with Crippen molar-refractivity contribution in [1.29, 1.82) is 0 Å². The number of carbonyl (C=O) groups excluding carboxylic acids is 1. The molecule has 9 heteroatoms. The second-order valence-corrected chi connectivity index (χ2v) is 9.23. The summed E-state index contributed by atoms with van der Waals surface area (Å²) in [6.07, 6.45) is 0. The molecule has 0 radical (unpaired) electrons. The average Bonchev–Trinajstić information content (AvgIpc) is 3.23. The Morgan fingerprint density at radius 2 is 1.97 bits per heavy atom. The molecular weight excluding hydrogens is 474 g/mol. The van der Waals surface area contributed by atoms with Crippen molar-refractivity contribution < 1.29 is 13.9 Å². The van der Waals surface area contributed by atoms with E-state index in [0.29, 0.717) is 44.8 Å². The van der Waals surface area contributed by atoms with Crippen LogP contribution in [0.25, 0.3) is 16.6 Å². The van der Waals surface area contributed by atoms with E-state index in [1.165, 1.54) is 23.4 Å². The number of aromatic nitrogens is 2. The van der Waals surface area contributed by atoms with Crippen molar-refractivity contribution in [1.82, 2.24) is 14.5 Å². The predicted octanol–water partition coefficient (Wildman–Crippen LogP) is 5.01. The van der Waals surface area contributed by atoms with Crippen molar-refractivity contribution in [3.63, 3.8) is 0 Å². The van der Waals surface area contributed by atoms with Gasteiger partial charge in [0.05, 0.1) is 36.0 Å². The molecule has 2 heterocycles. The van der Waals surface area contributed by atoms with E-state index < -0.39 is 0 Å². The summed E-state index contributed by atoms with van der Waals surface area (Å²) in [6, 6.07) is 14.3. The molecule has 4 aromatic rings. The van der Waals surface area contributed by atoms with Gasteiger partial charge in [0.15, 0.2) is 5.16 Å². The Labute approximate surface area is 206 Å². The lowest BCUT2D eigenvalue weighted by Crippen LogP contribution is -2.28. The first kappa shape index (κ1) is 23.9. The highest BCUT2D eigenvalue weighted by Gasteiger charge is 2.20. The van der Waals surface area contributed by atoms with Crippen LogP contribution in [-0.2, 0) is 11.3 Å². The maximum absolute atomic E-state index is 13.5. The number of para-hydroxylation sites is 1. The minimum atomic E-state index is -0.250. The van der Waals surface area contributed by atoms with Gasteiger partial charge in [0.1, 0.15) is 17.3 Å². The molecule has 4 rings (SSSR count). The van der Waals surface area contributed by atoms with Crippen LogP contribution in [0.4, 0.5) is 0 Å². The fourth-order valence-corrected chi connectivity index (χ4v) is 4.64. The Morgan fingerprint density at radius 1 is 1.21 bits per heavy atom. The molecule has 0 spiro atoms. The van der Waals surface area contributed by atoms with Gasteiger partial charge in [-0.3, -0.25) is 14.2 Å². The summed E-state index contributed by atoms with van der Waals surface area (Å²) in [4.78, 5) is 32.7. The zero-order valence-electron chi connectivity index (χ0n) is 19.3. The Balaban J connectivity index is 1.72. The molecule has 0 aliphatic heterocycles. The molecule has 1 amide bonds. The van der Waals surface area contributed by atoms with Crippen LogP contribution in [0.2, 0.25) is 5.02 Å². The maximum Gasteiger partial charge on any atom is 0.266 e. The summed E-state index contributed by atoms with van der Waals surface area (Å²) in [5.74, 6) is 1.92. The van der Waals surface area contributed by atoms with Crippen LogP contribution in [0.1, 0.15) is 17.1 Å². The number of thioether (sulfide) groups is 1. The molecular formula is C25H24ClN3O4S. The highest BCUT2D eigenvalue weighted by molar-refractivity contribution is 7.99. The van der Waals surface area contributed by atoms with Gasteiger partial charge < -0.3 is 14.1 Å². The molecule has 176 valence electrons. The number of benzene rings is 2. The third kappa shape index (κ3) is 4.83. The van der Waals surface area contributed by atoms with Crippen molar-refractivity contribution in [3.8, 4) is 11.4 Å². The van der Waals surface area contributed by atoms with Gasteiger partial charge in [-0.15, -0.1) is 0 Å². The number of furan rings is 1. The van der Waals surface area contributed by atoms with Crippen LogP contribution < -0.4 is 10.3 Å². The van der Waals surface area contributed by atoms with E-state index in [9.17, 15) is 9.59 Å². The Bertz CT molecular complexity index is 1430. The second kappa shape index (κ2) is 9.95. The van der Waals surface area contributed by atoms with E-state index in [2.05, 4.69) is 0 Å². The second-order valence-electron chi connectivity index (χ2n) is 7.88. The van der Waals surface area contributed by atoms with Crippen molar-refractivity contribution in [2.75, 3.05) is 19.9 Å². The third-order valence-electron chi connectivity index (χ3n) is 5.39. The number of rotatable bonds is 7. The van der Waals surface area contributed by atoms with Crippen LogP contribution in [0.5, 0.6) is 5.75 Å². The maximum atomic E-state index is 13.5. The quantitative estimate of drug-likeness (QED) is 0.264. The van der Waals surface area contributed by atoms with Crippen LogP contribution in [-0.4, -0.2) is 40.3 Å². The number of aryl methyl sites for hydroxylation is 2. The summed E-state index contributed by atoms with van der Waals surface area (Å²) < 4.78 is 12.6. The molecule has 0 bridgehead atoms. The average molecular weight is 498 g/mol. The lowest BCUT2D eigenvalue weighted by atomic mass is 10.2. The number of ether oxygens (including phenoxy) is 1. The fourth-order valence-electron chi connectivity index (χ4n) is 3.54. The van der Waals surface area contributed by atoms with Crippen LogP contribution >= 0.6 is 23.4 Å². The molecule has 0 fully saturated rings. The van der Waals surface area contributed by atoms with Gasteiger partial charge in [-0.25, -0.2) is 4.98 Å². The number of hydrogen-bond acceptors (Lipinski definition) is 6. The van der Waals surface area contributed by atoms with E-state index in [-0.39, 0.29) is 17.2 Å². The Hall–Kier alpha value is -3.23. The summed E-state index contributed by atoms with van der Waals surface area (Å²) in [6.45, 7) is 4.07. The van der Waals surface area contributed by atoms with Crippen LogP contribution in [0, 0.1) is 13.8 Å². The largest absolute Gasteiger partial charge is 0.495 e. The molecule has 0 atom stereocenters. The minimum Gasteiger partial charge on any atom is -0.495 e. The molecule has 0 aliphatic rings. The van der Waals surface area contributed by atoms with Gasteiger partial charge in [-0.2, -0.15) is 0 Å². The summed E-state index contributed by atoms with van der Waals surface area (Å²) >= 11 is 7.48. The van der Waals surface area contributed by atoms with Crippen molar-refractivity contribution >= 4 is 40.2 Å². The lowest BCUT2D eigenvalue weighted by molar-refractivity contribution is -0.127. The molecule has 7 nitrogen and oxygen atoms in total. The summed E-state index contributed by atoms with van der Waals surface area (Å²) in [7, 11) is 3.24. The van der Waals surface area contributed by atoms with Crippen molar-refractivity contribution in [3.05, 3.63) is 81.0 Å². The van der Waals surface area contributed by atoms with Gasteiger partial charge in [0.2, 0.25) is 5.91 Å². The van der Waals surface area contributed by atoms with Gasteiger partial charge in [-0.1, -0.05) is 35.5 Å². The Kier molecular flexibility index (Phi) is 7.00. The standard InChI is InChI=1S/C25H24ClN3O4S/c1-15-11-21(22(32-4)12-19(15)26)29-24(31)18-7-5-6-8-20(18)27-25(29)34-14-23(30)28(3)13-17-10-9-16(2)33-17/h5-12H,13-14H2,1-4H3. The normalized spacial score (nSPS) is 11.1. The molecule has 0 unspecified atom stereocenters. The number of fused-ring (bicyclic) bond motifs is 1. The molecule has 0 N–H and O–H groups in total. The topological polar surface area (TPSA) is 77.6 Å². The van der Waals surface area contributed by atoms with E-state index >= 15 is 0 Å². The van der Waals surface area contributed by atoms with Gasteiger partial charge in [0.25, 0.3) is 5.56 Å². The van der Waals surface area contributed by atoms with Crippen LogP contribution in [0.15, 0.2) is 62.9 Å². The molecule has 0 saturated carbocycles. The van der Waals surface area contributed by atoms with Crippen LogP contribution in [0.3, 0.4) is 0 Å². The van der Waals surface area contributed by atoms with Gasteiger partial charge in [0, 0.05) is 18.1 Å². The van der Waals surface area contributed by atoms with E-state index in [4.69, 9.17) is 25.7 Å². The highest BCUT2D eigenvalue weighted by Crippen LogP contribution is 2.32. The number of amides is 1. The van der Waals surface area contributed by atoms with Crippen molar-refractivity contribution in [2.45, 2.75) is 25.5 Å². The fraction of sp³-hybridized carbons (Fsp3) is 0.240. The van der Waals surface area contributed by atoms with Crippen molar-refractivity contribution in [2.24, 2.45) is 0 Å². The first-order chi connectivity index (χ1) is 16.3. The van der Waals surface area contributed by atoms with E-state index in [0.717, 1.165) is 11.3 Å². The minimum absolute atomic E-state index is 0.0931. The third-order valence-corrected chi connectivity index (χ3v) is 6.72. The Morgan fingerprint density at radius 3 is 2.68 bits per heavy atom. The molecule has 2 aromatic heterocycles. The number of methoxy groups -OCH3 is 1. The van der Waals surface area contributed by atoms with Gasteiger partial charge in [-0.05, 0) is 49.7 Å². The molecule has 0 aliphatic carbocycles. The molecule has 34 heavy (non-hydrogen) atoms. The zero-order chi connectivity index (χ0) is 24.4. The lowest BCUT2D eigenvalue weighted by Gasteiger charge is -2.18. The van der Waals surface area contributed by atoms with Gasteiger partial charge >= 0.3 is 0 Å². The van der Waals surface area contributed by atoms with E-state index in [1.54, 1.807) is 42.3 Å². The summed E-state index contributed by atoms with van der Waals surface area (Å²) in [5.41, 5.74) is 1.61. The SMILES string of the molecule is COc1cc(Cl)c(C)cc1-n1c(SCC(=O)N(C)Cc2ccc(C)o2)nc2ccccc2c1=O. The zero-order valence-corrected chi connectivity index (χ0v) is 20.9.